The predicted octanol–water partition coefficient (Wildman–Crippen LogP) is 4.78. The van der Waals surface area contributed by atoms with Gasteiger partial charge in [-0.15, -0.1) is 10.2 Å². The van der Waals surface area contributed by atoms with Crippen LogP contribution in [0.2, 0.25) is 0 Å². The highest BCUT2D eigenvalue weighted by atomic mass is 32.2. The zero-order chi connectivity index (χ0) is 22.0. The van der Waals surface area contributed by atoms with Gasteiger partial charge in [-0.1, -0.05) is 60.3 Å². The van der Waals surface area contributed by atoms with Gasteiger partial charge in [0.1, 0.15) is 5.76 Å². The van der Waals surface area contributed by atoms with Crippen molar-refractivity contribution in [3.05, 3.63) is 84.3 Å². The molecule has 162 valence electrons. The topological polar surface area (TPSA) is 72.9 Å². The molecule has 0 saturated heterocycles. The zero-order valence-electron chi connectivity index (χ0n) is 17.8. The molecule has 1 amide bonds. The van der Waals surface area contributed by atoms with Crippen molar-refractivity contribution in [2.45, 2.75) is 30.3 Å². The summed E-state index contributed by atoms with van der Waals surface area (Å²) in [6.45, 7) is 2.57. The van der Waals surface area contributed by atoms with E-state index in [9.17, 15) is 4.79 Å². The van der Waals surface area contributed by atoms with Crippen LogP contribution in [0, 0.1) is 6.92 Å². The molecule has 1 fully saturated rings. The van der Waals surface area contributed by atoms with Crippen LogP contribution in [0.15, 0.2) is 82.6 Å². The lowest BCUT2D eigenvalue weighted by Gasteiger charge is -2.16. The number of para-hydroxylation sites is 1. The Balaban J connectivity index is 1.30. The molecule has 0 spiro atoms. The highest BCUT2D eigenvalue weighted by molar-refractivity contribution is 7.99. The van der Waals surface area contributed by atoms with Crippen molar-refractivity contribution in [2.24, 2.45) is 0 Å². The van der Waals surface area contributed by atoms with Gasteiger partial charge in [-0.2, -0.15) is 0 Å². The van der Waals surface area contributed by atoms with Crippen molar-refractivity contribution in [1.82, 2.24) is 20.1 Å². The summed E-state index contributed by atoms with van der Waals surface area (Å²) in [5.74, 6) is 1.76. The van der Waals surface area contributed by atoms with Crippen LogP contribution in [0.25, 0.3) is 17.1 Å². The Morgan fingerprint density at radius 1 is 1.06 bits per heavy atom. The standard InChI is InChI=1S/C25H24N4O2S/c1-18-21(12-15-31-18)23-27-28-24(29(23)20-10-6-3-7-11-20)32-16-22(30)26-17-25(13-14-25)19-8-4-2-5-9-19/h2-12,15H,13-14,16-17H2,1H3,(H,26,30). The van der Waals surface area contributed by atoms with Crippen LogP contribution in [-0.4, -0.2) is 33.0 Å². The molecule has 0 bridgehead atoms. The second kappa shape index (κ2) is 8.67. The summed E-state index contributed by atoms with van der Waals surface area (Å²) in [7, 11) is 0. The number of carbonyl (C=O) groups is 1. The SMILES string of the molecule is Cc1occc1-c1nnc(SCC(=O)NCC2(c3ccccc3)CC2)n1-c1ccccc1. The van der Waals surface area contributed by atoms with Crippen LogP contribution in [0.3, 0.4) is 0 Å². The Bertz CT molecular complexity index is 1210. The van der Waals surface area contributed by atoms with Crippen molar-refractivity contribution >= 4 is 17.7 Å². The van der Waals surface area contributed by atoms with Gasteiger partial charge in [0.2, 0.25) is 5.91 Å². The van der Waals surface area contributed by atoms with E-state index in [2.05, 4.69) is 39.8 Å². The Morgan fingerprint density at radius 2 is 1.78 bits per heavy atom. The molecule has 2 heterocycles. The highest BCUT2D eigenvalue weighted by Gasteiger charge is 2.44. The average molecular weight is 445 g/mol. The van der Waals surface area contributed by atoms with Crippen LogP contribution in [0.5, 0.6) is 0 Å². The number of hydrogen-bond acceptors (Lipinski definition) is 5. The summed E-state index contributed by atoms with van der Waals surface area (Å²) < 4.78 is 7.45. The number of furan rings is 1. The van der Waals surface area contributed by atoms with Crippen molar-refractivity contribution in [1.29, 1.82) is 0 Å². The molecule has 0 radical (unpaired) electrons. The number of nitrogens with zero attached hydrogens (tertiary/aromatic N) is 3. The predicted molar refractivity (Wildman–Crippen MR) is 125 cm³/mol. The van der Waals surface area contributed by atoms with Gasteiger partial charge in [-0.25, -0.2) is 0 Å². The third kappa shape index (κ3) is 4.08. The summed E-state index contributed by atoms with van der Waals surface area (Å²) >= 11 is 1.39. The van der Waals surface area contributed by atoms with Gasteiger partial charge in [0.05, 0.1) is 17.6 Å². The Morgan fingerprint density at radius 3 is 2.44 bits per heavy atom. The molecule has 0 unspecified atom stereocenters. The van der Waals surface area contributed by atoms with Gasteiger partial charge < -0.3 is 9.73 Å². The lowest BCUT2D eigenvalue weighted by Crippen LogP contribution is -2.33. The van der Waals surface area contributed by atoms with Gasteiger partial charge in [0.25, 0.3) is 0 Å². The molecule has 1 N–H and O–H groups in total. The summed E-state index contributed by atoms with van der Waals surface area (Å²) in [4.78, 5) is 12.7. The minimum Gasteiger partial charge on any atom is -0.469 e. The van der Waals surface area contributed by atoms with E-state index in [-0.39, 0.29) is 17.1 Å². The van der Waals surface area contributed by atoms with E-state index < -0.39 is 0 Å². The van der Waals surface area contributed by atoms with Gasteiger partial charge in [0.15, 0.2) is 11.0 Å². The minimum absolute atomic E-state index is 0.000796. The van der Waals surface area contributed by atoms with Crippen LogP contribution >= 0.6 is 11.8 Å². The van der Waals surface area contributed by atoms with Crippen molar-refractivity contribution in [2.75, 3.05) is 12.3 Å². The molecule has 1 saturated carbocycles. The zero-order valence-corrected chi connectivity index (χ0v) is 18.6. The first-order valence-electron chi connectivity index (χ1n) is 10.7. The van der Waals surface area contributed by atoms with Crippen molar-refractivity contribution in [3.63, 3.8) is 0 Å². The minimum atomic E-state index is 0.000796. The molecule has 5 rings (SSSR count). The molecule has 1 aliphatic carbocycles. The molecule has 1 aliphatic rings. The normalized spacial score (nSPS) is 14.3. The molecule has 6 nitrogen and oxygen atoms in total. The van der Waals surface area contributed by atoms with Gasteiger partial charge in [-0.05, 0) is 43.5 Å². The van der Waals surface area contributed by atoms with Gasteiger partial charge in [-0.3, -0.25) is 9.36 Å². The molecule has 32 heavy (non-hydrogen) atoms. The molecule has 2 aromatic heterocycles. The Labute approximate surface area is 191 Å². The van der Waals surface area contributed by atoms with E-state index in [0.717, 1.165) is 29.9 Å². The fourth-order valence-electron chi connectivity index (χ4n) is 3.92. The first kappa shape index (κ1) is 20.6. The number of benzene rings is 2. The van der Waals surface area contributed by atoms with E-state index in [1.54, 1.807) is 6.26 Å². The van der Waals surface area contributed by atoms with Gasteiger partial charge in [0, 0.05) is 17.6 Å². The van der Waals surface area contributed by atoms with Crippen LogP contribution in [-0.2, 0) is 10.2 Å². The third-order valence-electron chi connectivity index (χ3n) is 5.94. The number of rotatable bonds is 8. The number of amides is 1. The maximum atomic E-state index is 12.7. The van der Waals surface area contributed by atoms with Crippen LogP contribution < -0.4 is 5.32 Å². The molecular weight excluding hydrogens is 420 g/mol. The number of aryl methyl sites for hydroxylation is 1. The second-order valence-corrected chi connectivity index (χ2v) is 9.02. The number of nitrogens with one attached hydrogen (secondary N) is 1. The summed E-state index contributed by atoms with van der Waals surface area (Å²) in [5.41, 5.74) is 3.22. The van der Waals surface area contributed by atoms with E-state index in [1.165, 1.54) is 17.3 Å². The Hall–Kier alpha value is -3.32. The second-order valence-electron chi connectivity index (χ2n) is 8.08. The maximum absolute atomic E-state index is 12.7. The quantitative estimate of drug-likeness (QED) is 0.396. The fourth-order valence-corrected chi connectivity index (χ4v) is 4.71. The molecular formula is C25H24N4O2S. The largest absolute Gasteiger partial charge is 0.469 e. The monoisotopic (exact) mass is 444 g/mol. The lowest BCUT2D eigenvalue weighted by molar-refractivity contribution is -0.118. The molecule has 0 aliphatic heterocycles. The fraction of sp³-hybridized carbons (Fsp3) is 0.240. The number of hydrogen-bond donors (Lipinski definition) is 1. The summed E-state index contributed by atoms with van der Waals surface area (Å²) in [6, 6.07) is 22.2. The third-order valence-corrected chi connectivity index (χ3v) is 6.87. The van der Waals surface area contributed by atoms with E-state index >= 15 is 0 Å². The number of aromatic nitrogens is 3. The van der Waals surface area contributed by atoms with Crippen LogP contribution in [0.1, 0.15) is 24.2 Å². The maximum Gasteiger partial charge on any atom is 0.230 e. The first-order chi connectivity index (χ1) is 15.7. The summed E-state index contributed by atoms with van der Waals surface area (Å²) in [5, 5.41) is 12.6. The van der Waals surface area contributed by atoms with Gasteiger partial charge >= 0.3 is 0 Å². The summed E-state index contributed by atoms with van der Waals surface area (Å²) in [6.07, 6.45) is 3.87. The number of thioether (sulfide) groups is 1. The highest BCUT2D eigenvalue weighted by Crippen LogP contribution is 2.47. The lowest BCUT2D eigenvalue weighted by atomic mass is 9.96. The van der Waals surface area contributed by atoms with E-state index in [4.69, 9.17) is 4.42 Å². The molecule has 4 aromatic rings. The number of carbonyl (C=O) groups excluding carboxylic acids is 1. The Kier molecular flexibility index (Phi) is 5.57. The van der Waals surface area contributed by atoms with E-state index in [0.29, 0.717) is 17.5 Å². The molecule has 2 aromatic carbocycles. The molecule has 0 atom stereocenters. The average Bonchev–Trinajstić information content (AvgIpc) is 3.33. The smallest absolute Gasteiger partial charge is 0.230 e. The van der Waals surface area contributed by atoms with E-state index in [1.807, 2.05) is 54.0 Å². The van der Waals surface area contributed by atoms with Crippen molar-refractivity contribution < 1.29 is 9.21 Å². The van der Waals surface area contributed by atoms with Crippen molar-refractivity contribution in [3.8, 4) is 17.1 Å². The molecule has 7 heteroatoms. The first-order valence-corrected chi connectivity index (χ1v) is 11.7. The van der Waals surface area contributed by atoms with Crippen LogP contribution in [0.4, 0.5) is 0 Å².